The van der Waals surface area contributed by atoms with Crippen LogP contribution in [-0.2, 0) is 24.2 Å². The molecule has 0 saturated heterocycles. The van der Waals surface area contributed by atoms with Crippen LogP contribution >= 0.6 is 0 Å². The molecule has 1 heterocycles. The number of carbonyl (C=O) groups excluding carboxylic acids is 1. The molecule has 4 rings (SSSR count). The highest BCUT2D eigenvalue weighted by Crippen LogP contribution is 2.34. The number of benzene rings is 3. The van der Waals surface area contributed by atoms with Gasteiger partial charge in [-0.1, -0.05) is 85.8 Å². The van der Waals surface area contributed by atoms with Crippen LogP contribution in [0, 0.1) is 0 Å². The summed E-state index contributed by atoms with van der Waals surface area (Å²) in [5.41, 5.74) is 5.82. The second-order valence-corrected chi connectivity index (χ2v) is 7.74. The maximum absolute atomic E-state index is 13.0. The van der Waals surface area contributed by atoms with Crippen molar-refractivity contribution in [3.05, 3.63) is 107 Å². The summed E-state index contributed by atoms with van der Waals surface area (Å²) in [6.45, 7) is 5.60. The van der Waals surface area contributed by atoms with E-state index >= 15 is 0 Å². The maximum Gasteiger partial charge on any atom is 0.341 e. The molecule has 0 bridgehead atoms. The molecule has 4 aromatic rings. The molecule has 4 heteroatoms. The van der Waals surface area contributed by atoms with Crippen molar-refractivity contribution in [2.45, 2.75) is 33.4 Å². The molecule has 0 N–H and O–H groups in total. The van der Waals surface area contributed by atoms with Crippen molar-refractivity contribution < 1.29 is 9.53 Å². The Morgan fingerprint density at radius 3 is 2.03 bits per heavy atom. The highest BCUT2D eigenvalue weighted by Gasteiger charge is 2.23. The Morgan fingerprint density at radius 2 is 1.47 bits per heavy atom. The summed E-state index contributed by atoms with van der Waals surface area (Å²) >= 11 is 0. The second-order valence-electron chi connectivity index (χ2n) is 7.74. The summed E-state index contributed by atoms with van der Waals surface area (Å²) < 4.78 is 5.42. The van der Waals surface area contributed by atoms with E-state index in [1.54, 1.807) is 6.20 Å². The molecule has 32 heavy (non-hydrogen) atoms. The molecule has 0 spiro atoms. The minimum atomic E-state index is -0.343. The number of esters is 1. The van der Waals surface area contributed by atoms with E-state index in [-0.39, 0.29) is 5.97 Å². The maximum atomic E-state index is 13.0. The number of pyridine rings is 1. The van der Waals surface area contributed by atoms with Gasteiger partial charge in [-0.25, -0.2) is 4.79 Å². The van der Waals surface area contributed by atoms with Gasteiger partial charge in [-0.05, 0) is 30.0 Å². The first-order chi connectivity index (χ1) is 15.7. The van der Waals surface area contributed by atoms with Crippen LogP contribution in [0.5, 0.6) is 0 Å². The molecule has 162 valence electrons. The van der Waals surface area contributed by atoms with E-state index in [4.69, 9.17) is 4.74 Å². The van der Waals surface area contributed by atoms with E-state index in [1.807, 2.05) is 49.4 Å². The number of hydrogen-bond donors (Lipinski definition) is 0. The van der Waals surface area contributed by atoms with Crippen molar-refractivity contribution in [3.63, 3.8) is 0 Å². The van der Waals surface area contributed by atoms with Crippen molar-refractivity contribution >= 4 is 22.6 Å². The van der Waals surface area contributed by atoms with Gasteiger partial charge in [-0.15, -0.1) is 0 Å². The van der Waals surface area contributed by atoms with E-state index in [0.717, 1.165) is 23.0 Å². The first-order valence-electron chi connectivity index (χ1n) is 11.1. The van der Waals surface area contributed by atoms with Crippen LogP contribution in [0.2, 0.25) is 0 Å². The number of aromatic nitrogens is 1. The van der Waals surface area contributed by atoms with Crippen molar-refractivity contribution in [1.82, 2.24) is 4.98 Å². The van der Waals surface area contributed by atoms with Crippen LogP contribution in [0.25, 0.3) is 10.9 Å². The van der Waals surface area contributed by atoms with Gasteiger partial charge in [-0.3, -0.25) is 4.98 Å². The van der Waals surface area contributed by atoms with Crippen LogP contribution in [0.1, 0.15) is 40.9 Å². The van der Waals surface area contributed by atoms with Crippen LogP contribution in [0.15, 0.2) is 85.1 Å². The minimum absolute atomic E-state index is 0.322. The average Bonchev–Trinajstić information content (AvgIpc) is 2.84. The standard InChI is InChI=1S/C28H28N2O2/c1-3-23-16-11-17-24-26(23)29-18-25(28(31)32-4-2)27(24)30(19-21-12-7-5-8-13-21)20-22-14-9-6-10-15-22/h5-18H,3-4,19-20H2,1-2H3. The highest BCUT2D eigenvalue weighted by atomic mass is 16.5. The fourth-order valence-electron chi connectivity index (χ4n) is 4.08. The first-order valence-corrected chi connectivity index (χ1v) is 11.1. The summed E-state index contributed by atoms with van der Waals surface area (Å²) in [6, 6.07) is 26.9. The lowest BCUT2D eigenvalue weighted by Crippen LogP contribution is -2.25. The first kappa shape index (κ1) is 21.6. The van der Waals surface area contributed by atoms with E-state index < -0.39 is 0 Å². The lowest BCUT2D eigenvalue weighted by Gasteiger charge is -2.28. The van der Waals surface area contributed by atoms with Gasteiger partial charge in [0.05, 0.1) is 17.8 Å². The number of carbonyl (C=O) groups is 1. The highest BCUT2D eigenvalue weighted by molar-refractivity contribution is 6.06. The molecular formula is C28H28N2O2. The topological polar surface area (TPSA) is 42.4 Å². The van der Waals surface area contributed by atoms with Crippen LogP contribution in [-0.4, -0.2) is 17.6 Å². The zero-order valence-corrected chi connectivity index (χ0v) is 18.6. The van der Waals surface area contributed by atoms with Crippen LogP contribution in [0.3, 0.4) is 0 Å². The summed E-state index contributed by atoms with van der Waals surface area (Å²) in [7, 11) is 0. The average molecular weight is 425 g/mol. The third-order valence-electron chi connectivity index (χ3n) is 5.58. The van der Waals surface area contributed by atoms with Gasteiger partial charge in [-0.2, -0.15) is 0 Å². The molecule has 0 amide bonds. The summed E-state index contributed by atoms with van der Waals surface area (Å²) in [5, 5.41) is 0.974. The zero-order valence-electron chi connectivity index (χ0n) is 18.6. The van der Waals surface area contributed by atoms with Gasteiger partial charge in [0.15, 0.2) is 0 Å². The Bertz CT molecular complexity index is 1150. The molecule has 3 aromatic carbocycles. The van der Waals surface area contributed by atoms with E-state index in [9.17, 15) is 4.79 Å². The van der Waals surface area contributed by atoms with Gasteiger partial charge in [0.25, 0.3) is 0 Å². The molecule has 0 atom stereocenters. The molecule has 0 aliphatic rings. The monoisotopic (exact) mass is 424 g/mol. The molecule has 0 aliphatic heterocycles. The lowest BCUT2D eigenvalue weighted by atomic mass is 10.0. The molecule has 0 radical (unpaired) electrons. The third-order valence-corrected chi connectivity index (χ3v) is 5.58. The van der Waals surface area contributed by atoms with E-state index in [1.165, 1.54) is 16.7 Å². The third kappa shape index (κ3) is 4.65. The summed E-state index contributed by atoms with van der Waals surface area (Å²) in [5.74, 6) is -0.343. The molecule has 0 unspecified atom stereocenters. The van der Waals surface area contributed by atoms with Crippen LogP contribution in [0.4, 0.5) is 5.69 Å². The van der Waals surface area contributed by atoms with Gasteiger partial charge in [0.2, 0.25) is 0 Å². The number of fused-ring (bicyclic) bond motifs is 1. The van der Waals surface area contributed by atoms with Crippen LogP contribution < -0.4 is 4.90 Å². The lowest BCUT2D eigenvalue weighted by molar-refractivity contribution is 0.0526. The summed E-state index contributed by atoms with van der Waals surface area (Å²) in [4.78, 5) is 19.9. The Kier molecular flexibility index (Phi) is 6.81. The Morgan fingerprint density at radius 1 is 0.844 bits per heavy atom. The van der Waals surface area contributed by atoms with Gasteiger partial charge in [0, 0.05) is 24.7 Å². The van der Waals surface area contributed by atoms with E-state index in [0.29, 0.717) is 25.3 Å². The number of para-hydroxylation sites is 1. The molecular weight excluding hydrogens is 396 g/mol. The Labute approximate surface area is 189 Å². The van der Waals surface area contributed by atoms with E-state index in [2.05, 4.69) is 53.2 Å². The minimum Gasteiger partial charge on any atom is -0.462 e. The molecule has 1 aromatic heterocycles. The van der Waals surface area contributed by atoms with Crippen molar-refractivity contribution in [3.8, 4) is 0 Å². The smallest absolute Gasteiger partial charge is 0.341 e. The molecule has 4 nitrogen and oxygen atoms in total. The quantitative estimate of drug-likeness (QED) is 0.317. The molecule has 0 fully saturated rings. The largest absolute Gasteiger partial charge is 0.462 e. The fraction of sp³-hybridized carbons (Fsp3) is 0.214. The summed E-state index contributed by atoms with van der Waals surface area (Å²) in [6.07, 6.45) is 2.55. The Hall–Kier alpha value is -3.66. The van der Waals surface area contributed by atoms with Crippen molar-refractivity contribution in [1.29, 1.82) is 0 Å². The predicted octanol–water partition coefficient (Wildman–Crippen LogP) is 6.18. The predicted molar refractivity (Wildman–Crippen MR) is 130 cm³/mol. The molecule has 0 aliphatic carbocycles. The number of hydrogen-bond acceptors (Lipinski definition) is 4. The van der Waals surface area contributed by atoms with Crippen molar-refractivity contribution in [2.75, 3.05) is 11.5 Å². The molecule has 0 saturated carbocycles. The van der Waals surface area contributed by atoms with Gasteiger partial charge < -0.3 is 9.64 Å². The normalized spacial score (nSPS) is 10.8. The van der Waals surface area contributed by atoms with Crippen molar-refractivity contribution in [2.24, 2.45) is 0 Å². The fourth-order valence-corrected chi connectivity index (χ4v) is 4.08. The number of ether oxygens (including phenoxy) is 1. The van der Waals surface area contributed by atoms with Gasteiger partial charge >= 0.3 is 5.97 Å². The van der Waals surface area contributed by atoms with Gasteiger partial charge in [0.1, 0.15) is 5.56 Å². The zero-order chi connectivity index (χ0) is 22.3. The SMILES string of the molecule is CCOC(=O)c1cnc2c(CC)cccc2c1N(Cc1ccccc1)Cc1ccccc1. The Balaban J connectivity index is 1.92. The number of rotatable bonds is 8. The number of nitrogens with zero attached hydrogens (tertiary/aromatic N) is 2. The number of anilines is 1. The second kappa shape index (κ2) is 10.1. The number of aryl methyl sites for hydroxylation is 1.